The van der Waals surface area contributed by atoms with Crippen molar-refractivity contribution in [2.24, 2.45) is 22.6 Å². The molecule has 4 rings (SSSR count). The van der Waals surface area contributed by atoms with Crippen LogP contribution in [0.5, 0.6) is 5.75 Å². The Kier molecular flexibility index (Phi) is 5.02. The van der Waals surface area contributed by atoms with Crippen LogP contribution < -0.4 is 15.8 Å². The maximum atomic E-state index is 13.8. The Labute approximate surface area is 182 Å². The Morgan fingerprint density at radius 1 is 1.35 bits per heavy atom. The normalized spacial score (nSPS) is 29.4. The van der Waals surface area contributed by atoms with Gasteiger partial charge in [0.15, 0.2) is 5.96 Å². The molecule has 2 heterocycles. The molecular formula is C23H31FN4O3. The van der Waals surface area contributed by atoms with Gasteiger partial charge in [-0.2, -0.15) is 0 Å². The van der Waals surface area contributed by atoms with Crippen molar-refractivity contribution in [1.29, 1.82) is 0 Å². The van der Waals surface area contributed by atoms with Gasteiger partial charge in [0.2, 0.25) is 11.8 Å². The highest BCUT2D eigenvalue weighted by atomic mass is 19.1. The molecule has 0 radical (unpaired) electrons. The number of fused-ring (bicyclic) bond motifs is 1. The number of guanidine groups is 1. The lowest BCUT2D eigenvalue weighted by Gasteiger charge is -2.38. The summed E-state index contributed by atoms with van der Waals surface area (Å²) in [6.07, 6.45) is 1.51. The van der Waals surface area contributed by atoms with Crippen molar-refractivity contribution in [2.75, 3.05) is 0 Å². The Morgan fingerprint density at radius 2 is 2.06 bits per heavy atom. The molecule has 1 aromatic rings. The number of nitrogens with zero attached hydrogens (tertiary/aromatic N) is 2. The lowest BCUT2D eigenvalue weighted by Crippen LogP contribution is -2.54. The first kappa shape index (κ1) is 21.6. The van der Waals surface area contributed by atoms with Crippen molar-refractivity contribution >= 4 is 17.8 Å². The smallest absolute Gasteiger partial charge is 0.231 e. The highest BCUT2D eigenvalue weighted by molar-refractivity contribution is 5.99. The Balaban J connectivity index is 1.46. The van der Waals surface area contributed by atoms with E-state index in [2.05, 4.69) is 10.3 Å². The molecule has 1 saturated carbocycles. The summed E-state index contributed by atoms with van der Waals surface area (Å²) in [4.78, 5) is 31.6. The summed E-state index contributed by atoms with van der Waals surface area (Å²) in [5, 5.41) is 3.09. The third-order valence-corrected chi connectivity index (χ3v) is 6.47. The fraction of sp³-hybridized carbons (Fsp3) is 0.609. The zero-order valence-corrected chi connectivity index (χ0v) is 18.7. The van der Waals surface area contributed by atoms with Gasteiger partial charge < -0.3 is 15.8 Å². The van der Waals surface area contributed by atoms with Gasteiger partial charge in [-0.15, -0.1) is 0 Å². The summed E-state index contributed by atoms with van der Waals surface area (Å²) in [5.74, 6) is 0.0963. The molecule has 31 heavy (non-hydrogen) atoms. The second-order valence-corrected chi connectivity index (χ2v) is 10.3. The average molecular weight is 431 g/mol. The number of rotatable bonds is 4. The van der Waals surface area contributed by atoms with E-state index < -0.39 is 11.1 Å². The van der Waals surface area contributed by atoms with Gasteiger partial charge in [0.25, 0.3) is 0 Å². The standard InChI is InChI=1S/C23H31FN4O3/c1-12(28-19(29)11-22(2,3)27-21(28)25)14-9-15(14)20(30)26-17-10-23(4,5)31-18-7-6-13(24)8-16(17)18/h6-8,12,14-15,17H,9-11H2,1-5H3,(H2,25,27)(H,26,30)/t12-,14?,15?,17+/m1/s1. The minimum absolute atomic E-state index is 0.0127. The molecule has 1 fully saturated rings. The van der Waals surface area contributed by atoms with Crippen LogP contribution in [0.15, 0.2) is 23.2 Å². The third-order valence-electron chi connectivity index (χ3n) is 6.47. The Morgan fingerprint density at radius 3 is 2.74 bits per heavy atom. The zero-order chi connectivity index (χ0) is 22.7. The van der Waals surface area contributed by atoms with Crippen molar-refractivity contribution < 1.29 is 18.7 Å². The van der Waals surface area contributed by atoms with Crippen molar-refractivity contribution in [2.45, 2.75) is 77.1 Å². The number of carbonyl (C=O) groups excluding carboxylic acids is 2. The molecule has 1 aliphatic carbocycles. The highest BCUT2D eigenvalue weighted by Crippen LogP contribution is 2.46. The SMILES string of the molecule is C[C@H](C1CC1C(=O)N[C@H]1CC(C)(C)Oc2ccc(F)cc21)N1C(=O)CC(C)(C)N=C1N. The first-order chi connectivity index (χ1) is 14.4. The largest absolute Gasteiger partial charge is 0.487 e. The lowest BCUT2D eigenvalue weighted by molar-refractivity contribution is -0.132. The van der Waals surface area contributed by atoms with E-state index in [1.54, 1.807) is 6.07 Å². The predicted molar refractivity (Wildman–Crippen MR) is 115 cm³/mol. The molecule has 0 spiro atoms. The van der Waals surface area contributed by atoms with Crippen LogP contribution in [0.2, 0.25) is 0 Å². The van der Waals surface area contributed by atoms with Crippen LogP contribution >= 0.6 is 0 Å². The molecule has 8 heteroatoms. The summed E-state index contributed by atoms with van der Waals surface area (Å²) in [6.45, 7) is 9.57. The molecule has 3 aliphatic rings. The topological polar surface area (TPSA) is 97.0 Å². The van der Waals surface area contributed by atoms with Crippen LogP contribution in [0.25, 0.3) is 0 Å². The van der Waals surface area contributed by atoms with Crippen LogP contribution in [-0.4, -0.2) is 39.9 Å². The second-order valence-electron chi connectivity index (χ2n) is 10.3. The second kappa shape index (κ2) is 7.21. The van der Waals surface area contributed by atoms with E-state index in [1.165, 1.54) is 17.0 Å². The molecule has 2 amide bonds. The Bertz CT molecular complexity index is 958. The van der Waals surface area contributed by atoms with E-state index in [9.17, 15) is 14.0 Å². The monoisotopic (exact) mass is 430 g/mol. The number of nitrogens with one attached hydrogen (secondary N) is 1. The summed E-state index contributed by atoms with van der Waals surface area (Å²) < 4.78 is 19.8. The summed E-state index contributed by atoms with van der Waals surface area (Å²) >= 11 is 0. The average Bonchev–Trinajstić information content (AvgIpc) is 3.41. The van der Waals surface area contributed by atoms with Crippen LogP contribution in [0.4, 0.5) is 4.39 Å². The molecule has 0 bridgehead atoms. The van der Waals surface area contributed by atoms with E-state index in [0.717, 1.165) is 0 Å². The van der Waals surface area contributed by atoms with E-state index in [0.29, 0.717) is 30.6 Å². The van der Waals surface area contributed by atoms with E-state index in [-0.39, 0.29) is 47.5 Å². The lowest BCUT2D eigenvalue weighted by atomic mass is 9.89. The van der Waals surface area contributed by atoms with E-state index >= 15 is 0 Å². The number of carbonyl (C=O) groups is 2. The molecule has 0 saturated heterocycles. The molecule has 1 aromatic carbocycles. The van der Waals surface area contributed by atoms with Crippen molar-refractivity contribution in [3.63, 3.8) is 0 Å². The molecule has 7 nitrogen and oxygen atoms in total. The summed E-state index contributed by atoms with van der Waals surface area (Å²) in [6, 6.07) is 3.86. The van der Waals surface area contributed by atoms with Gasteiger partial charge in [-0.05, 0) is 65.2 Å². The molecule has 3 N–H and O–H groups in total. The Hall–Kier alpha value is -2.64. The maximum absolute atomic E-state index is 13.8. The number of aliphatic imine (C=N–C) groups is 1. The number of halogens is 1. The van der Waals surface area contributed by atoms with Crippen molar-refractivity contribution in [1.82, 2.24) is 10.2 Å². The van der Waals surface area contributed by atoms with Gasteiger partial charge in [-0.25, -0.2) is 9.38 Å². The van der Waals surface area contributed by atoms with Gasteiger partial charge in [0.1, 0.15) is 17.2 Å². The third kappa shape index (κ3) is 4.25. The number of amides is 2. The fourth-order valence-electron chi connectivity index (χ4n) is 4.90. The van der Waals surface area contributed by atoms with Crippen LogP contribution in [-0.2, 0) is 9.59 Å². The van der Waals surface area contributed by atoms with Gasteiger partial charge in [-0.1, -0.05) is 0 Å². The first-order valence-electron chi connectivity index (χ1n) is 10.8. The summed E-state index contributed by atoms with van der Waals surface area (Å²) in [7, 11) is 0. The molecule has 2 unspecified atom stereocenters. The van der Waals surface area contributed by atoms with E-state index in [1.807, 2.05) is 34.6 Å². The molecule has 0 aromatic heterocycles. The number of hydrogen-bond acceptors (Lipinski definition) is 5. The minimum atomic E-state index is -0.504. The quantitative estimate of drug-likeness (QED) is 0.768. The van der Waals surface area contributed by atoms with Crippen LogP contribution in [0.1, 0.15) is 65.5 Å². The first-order valence-corrected chi connectivity index (χ1v) is 10.8. The summed E-state index contributed by atoms with van der Waals surface area (Å²) in [5.41, 5.74) is 5.76. The number of ether oxygens (including phenoxy) is 1. The molecular weight excluding hydrogens is 399 g/mol. The van der Waals surface area contributed by atoms with E-state index in [4.69, 9.17) is 10.5 Å². The molecule has 4 atom stereocenters. The number of hydrogen-bond donors (Lipinski definition) is 2. The predicted octanol–water partition coefficient (Wildman–Crippen LogP) is 2.89. The minimum Gasteiger partial charge on any atom is -0.487 e. The van der Waals surface area contributed by atoms with Crippen LogP contribution in [0, 0.1) is 17.7 Å². The van der Waals surface area contributed by atoms with Gasteiger partial charge in [0.05, 0.1) is 18.0 Å². The molecule has 168 valence electrons. The fourth-order valence-corrected chi connectivity index (χ4v) is 4.90. The maximum Gasteiger partial charge on any atom is 0.231 e. The number of benzene rings is 1. The van der Waals surface area contributed by atoms with Crippen molar-refractivity contribution in [3.8, 4) is 5.75 Å². The van der Waals surface area contributed by atoms with Gasteiger partial charge >= 0.3 is 0 Å². The van der Waals surface area contributed by atoms with Crippen molar-refractivity contribution in [3.05, 3.63) is 29.6 Å². The van der Waals surface area contributed by atoms with Crippen LogP contribution in [0.3, 0.4) is 0 Å². The van der Waals surface area contributed by atoms with Gasteiger partial charge in [0, 0.05) is 23.9 Å². The zero-order valence-electron chi connectivity index (χ0n) is 18.7. The molecule has 2 aliphatic heterocycles. The van der Waals surface area contributed by atoms with Gasteiger partial charge in [-0.3, -0.25) is 14.5 Å². The number of nitrogens with two attached hydrogens (primary N) is 1. The highest BCUT2D eigenvalue weighted by Gasteiger charge is 2.51.